The zero-order valence-electron chi connectivity index (χ0n) is 6.79. The summed E-state index contributed by atoms with van der Waals surface area (Å²) in [4.78, 5) is 0. The van der Waals surface area contributed by atoms with Gasteiger partial charge in [0.05, 0.1) is 0 Å². The number of hydrogen-bond acceptors (Lipinski definition) is 0. The first kappa shape index (κ1) is 41.8. The molecule has 0 aliphatic carbocycles. The second-order valence-electron chi connectivity index (χ2n) is 0. The van der Waals surface area contributed by atoms with Gasteiger partial charge in [0.1, 0.15) is 0 Å². The molecule has 0 spiro atoms. The van der Waals surface area contributed by atoms with Crippen LogP contribution in [0.1, 0.15) is 5.71 Å². The molecular weight excluding hydrogens is 232 g/mol. The van der Waals surface area contributed by atoms with Gasteiger partial charge in [0.25, 0.3) is 0 Å². The van der Waals surface area contributed by atoms with Crippen LogP contribution in [0.2, 0.25) is 0 Å². The van der Waals surface area contributed by atoms with Crippen LogP contribution in [0.25, 0.3) is 0 Å². The van der Waals surface area contributed by atoms with Crippen molar-refractivity contribution >= 4 is 46.1 Å². The Bertz CT molecular complexity index is 16.5. The van der Waals surface area contributed by atoms with Crippen LogP contribution in [-0.2, 0) is 53.0 Å². The minimum absolute atomic E-state index is 0. The summed E-state index contributed by atoms with van der Waals surface area (Å²) in [6.45, 7) is 0. The summed E-state index contributed by atoms with van der Waals surface area (Å²) >= 11 is 0. The van der Waals surface area contributed by atoms with E-state index in [0.29, 0.717) is 0 Å². The van der Waals surface area contributed by atoms with Gasteiger partial charge in [-0.2, -0.15) is 0 Å². The van der Waals surface area contributed by atoms with Crippen LogP contribution in [0.15, 0.2) is 0 Å². The van der Waals surface area contributed by atoms with Crippen molar-refractivity contribution < 1.29 is 58.7 Å². The van der Waals surface area contributed by atoms with Crippen molar-refractivity contribution in [1.29, 1.82) is 0 Å². The largest absolute Gasteiger partial charge is 2.00 e. The molecule has 2 radical (unpaired) electrons. The Morgan fingerprint density at radius 2 is 0.800 bits per heavy atom. The Morgan fingerprint density at radius 3 is 0.800 bits per heavy atom. The Balaban J connectivity index is 0. The molecule has 0 rings (SSSR count). The Labute approximate surface area is 103 Å². The van der Waals surface area contributed by atoms with Crippen molar-refractivity contribution in [2.45, 2.75) is 0 Å². The monoisotopic (exact) mass is 234 g/mol. The second kappa shape index (κ2) is 27.2. The molecule has 0 unspecified atom stereocenters. The summed E-state index contributed by atoms with van der Waals surface area (Å²) in [6.07, 6.45) is 0. The fourth-order valence-electron chi connectivity index (χ4n) is 0. The summed E-state index contributed by atoms with van der Waals surface area (Å²) in [7, 11) is 0. The molecule has 0 fully saturated rings. The van der Waals surface area contributed by atoms with Crippen molar-refractivity contribution in [3.05, 3.63) is 0 Å². The van der Waals surface area contributed by atoms with Gasteiger partial charge < -0.3 is 5.71 Å². The normalized spacial score (nSPS) is 0. The van der Waals surface area contributed by atoms with Gasteiger partial charge in [0.15, 0.2) is 0 Å². The summed E-state index contributed by atoms with van der Waals surface area (Å²) in [6, 6.07) is 0. The van der Waals surface area contributed by atoms with Crippen molar-refractivity contribution in [2.24, 2.45) is 0 Å². The van der Waals surface area contributed by atoms with Gasteiger partial charge in [0, 0.05) is 53.0 Å². The molecular formula is H4Co2Mg2Zn. The van der Waals surface area contributed by atoms with E-state index in [0.717, 1.165) is 0 Å². The Morgan fingerprint density at radius 1 is 0.800 bits per heavy atom. The Hall–Kier alpha value is 3.17. The summed E-state index contributed by atoms with van der Waals surface area (Å²) in [5, 5.41) is 0. The fraction of sp³-hybridized carbons (Fsp3) is 0. The zero-order chi connectivity index (χ0) is 0. The third kappa shape index (κ3) is 19.1. The van der Waals surface area contributed by atoms with E-state index in [1.807, 2.05) is 0 Å². The first-order chi connectivity index (χ1) is 0. The van der Waals surface area contributed by atoms with E-state index in [2.05, 4.69) is 0 Å². The first-order valence-electron chi connectivity index (χ1n) is 0. The molecule has 0 saturated carbocycles. The van der Waals surface area contributed by atoms with Crippen LogP contribution in [0.4, 0.5) is 0 Å². The molecule has 0 aromatic rings. The maximum atomic E-state index is 0. The third-order valence-electron chi connectivity index (χ3n) is 0. The molecule has 5 heavy (non-hydrogen) atoms. The van der Waals surface area contributed by atoms with E-state index in [1.165, 1.54) is 0 Å². The Kier molecular flexibility index (Phi) is 227. The molecule has 0 aliphatic rings. The third-order valence-corrected chi connectivity index (χ3v) is 0. The quantitative estimate of drug-likeness (QED) is 0.505. The topological polar surface area (TPSA) is 0 Å². The maximum absolute atomic E-state index is 0. The van der Waals surface area contributed by atoms with Crippen LogP contribution in [0.5, 0.6) is 0 Å². The molecule has 0 atom stereocenters. The first-order valence-corrected chi connectivity index (χ1v) is 0. The molecule has 0 bridgehead atoms. The molecule has 0 aromatic heterocycles. The van der Waals surface area contributed by atoms with Crippen LogP contribution in [-0.4, -0.2) is 46.1 Å². The van der Waals surface area contributed by atoms with Crippen molar-refractivity contribution in [2.75, 3.05) is 0 Å². The molecule has 0 aliphatic heterocycles. The van der Waals surface area contributed by atoms with E-state index in [9.17, 15) is 0 Å². The van der Waals surface area contributed by atoms with Crippen LogP contribution < -0.4 is 0 Å². The average molecular weight is 236 g/mol. The van der Waals surface area contributed by atoms with E-state index in [1.54, 1.807) is 0 Å². The minimum atomic E-state index is 0. The van der Waals surface area contributed by atoms with E-state index in [-0.39, 0.29) is 105 Å². The van der Waals surface area contributed by atoms with Crippen molar-refractivity contribution in [3.8, 4) is 0 Å². The van der Waals surface area contributed by atoms with Gasteiger partial charge in [-0.25, -0.2) is 0 Å². The van der Waals surface area contributed by atoms with Crippen LogP contribution in [0.3, 0.4) is 0 Å². The SMILES string of the molecule is [Co].[Co].[H-].[H-].[H-].[H-].[Mg+2].[Mg+2].[Zn]. The molecule has 0 aromatic carbocycles. The van der Waals surface area contributed by atoms with Gasteiger partial charge >= 0.3 is 46.1 Å². The smallest absolute Gasteiger partial charge is 1.00 e. The molecule has 0 saturated heterocycles. The van der Waals surface area contributed by atoms with Gasteiger partial charge in [-0.05, 0) is 0 Å². The standard InChI is InChI=1S/2Co.2Mg.Zn.4H/q;;2*+2;;4*-1. The second-order valence-corrected chi connectivity index (χ2v) is 0. The summed E-state index contributed by atoms with van der Waals surface area (Å²) in [5.74, 6) is 0. The predicted molar refractivity (Wildman–Crippen MR) is 16.0 cm³/mol. The molecule has 0 amide bonds. The fourth-order valence-corrected chi connectivity index (χ4v) is 0. The van der Waals surface area contributed by atoms with E-state index < -0.39 is 0 Å². The average Bonchev–Trinajstić information content (AvgIpc) is 0. The van der Waals surface area contributed by atoms with Gasteiger partial charge in [-0.3, -0.25) is 0 Å². The number of rotatable bonds is 0. The zero-order valence-corrected chi connectivity index (χ0v) is 10.7. The van der Waals surface area contributed by atoms with Gasteiger partial charge in [-0.15, -0.1) is 0 Å². The predicted octanol–water partition coefficient (Wildman–Crippen LogP) is -0.319. The molecule has 0 N–H and O–H groups in total. The molecule has 5 heteroatoms. The minimum Gasteiger partial charge on any atom is -1.00 e. The molecule has 0 heterocycles. The van der Waals surface area contributed by atoms with Crippen molar-refractivity contribution in [3.63, 3.8) is 0 Å². The maximum Gasteiger partial charge on any atom is 2.00 e. The van der Waals surface area contributed by atoms with Gasteiger partial charge in [-0.1, -0.05) is 0 Å². The summed E-state index contributed by atoms with van der Waals surface area (Å²) < 4.78 is 0. The van der Waals surface area contributed by atoms with Crippen LogP contribution >= 0.6 is 0 Å². The summed E-state index contributed by atoms with van der Waals surface area (Å²) in [5.41, 5.74) is 0. The van der Waals surface area contributed by atoms with Crippen molar-refractivity contribution in [1.82, 2.24) is 0 Å². The molecule has 0 nitrogen and oxygen atoms in total. The van der Waals surface area contributed by atoms with Gasteiger partial charge in [0.2, 0.25) is 0 Å². The molecule has 28 valence electrons. The van der Waals surface area contributed by atoms with E-state index >= 15 is 0 Å². The number of hydrogen-bond donors (Lipinski definition) is 0. The van der Waals surface area contributed by atoms with Crippen LogP contribution in [0, 0.1) is 0 Å². The van der Waals surface area contributed by atoms with E-state index in [4.69, 9.17) is 0 Å².